The van der Waals surface area contributed by atoms with Crippen LogP contribution >= 0.6 is 27.4 Å². The molecule has 17 heteroatoms. The number of anilines is 1. The zero-order valence-electron chi connectivity index (χ0n) is 17.8. The van der Waals surface area contributed by atoms with E-state index in [4.69, 9.17) is 20.6 Å². The molecular formula is C16H27N4O10P2S+. The molecule has 0 fully saturated rings. The highest BCUT2D eigenvalue weighted by atomic mass is 32.2. The Labute approximate surface area is 193 Å². The first kappa shape index (κ1) is 27.9. The Morgan fingerprint density at radius 1 is 1.33 bits per heavy atom. The number of nitrogens with one attached hydrogen (secondary N) is 1. The molecular weight excluding hydrogens is 502 g/mol. The van der Waals surface area contributed by atoms with Gasteiger partial charge in [0.25, 0.3) is 0 Å². The van der Waals surface area contributed by atoms with E-state index in [0.717, 1.165) is 10.6 Å². The number of carboxylic acids is 1. The molecule has 0 spiro atoms. The monoisotopic (exact) mass is 529 g/mol. The SMILES string of the molecule is CC1=C(CCOP(=O)(O)OP(=O)(O)O)SC(C(O)CCC(=O)O)[NH+]1Cc1cnc(C)nc1N. The predicted octanol–water partition coefficient (Wildman–Crippen LogP) is -0.101. The van der Waals surface area contributed by atoms with Crippen LogP contribution in [0.1, 0.15) is 37.6 Å². The molecule has 0 aromatic carbocycles. The molecule has 0 bridgehead atoms. The number of carbonyl (C=O) groups is 1. The van der Waals surface area contributed by atoms with Gasteiger partial charge in [0.15, 0.2) is 5.37 Å². The Balaban J connectivity index is 2.17. The van der Waals surface area contributed by atoms with Gasteiger partial charge in [-0.2, -0.15) is 4.31 Å². The number of aliphatic hydroxyl groups is 1. The summed E-state index contributed by atoms with van der Waals surface area (Å²) in [7, 11) is -10.2. The average molecular weight is 529 g/mol. The van der Waals surface area contributed by atoms with Gasteiger partial charge in [0.1, 0.15) is 30.0 Å². The second-order valence-electron chi connectivity index (χ2n) is 7.24. The number of aryl methyl sites for hydroxylation is 1. The number of rotatable bonds is 12. The molecule has 1 aliphatic heterocycles. The van der Waals surface area contributed by atoms with Gasteiger partial charge in [-0.3, -0.25) is 14.2 Å². The Morgan fingerprint density at radius 2 is 2.00 bits per heavy atom. The van der Waals surface area contributed by atoms with Crippen molar-refractivity contribution in [2.45, 2.75) is 51.1 Å². The number of nitrogen functional groups attached to an aromatic ring is 1. The minimum absolute atomic E-state index is 0.00933. The molecule has 1 aliphatic rings. The second-order valence-corrected chi connectivity index (χ2v) is 11.3. The minimum atomic E-state index is -5.23. The van der Waals surface area contributed by atoms with Crippen molar-refractivity contribution in [3.63, 3.8) is 0 Å². The van der Waals surface area contributed by atoms with Crippen molar-refractivity contribution >= 4 is 39.2 Å². The Kier molecular flexibility index (Phi) is 9.59. The van der Waals surface area contributed by atoms with Crippen LogP contribution < -0.4 is 10.6 Å². The molecule has 0 saturated carbocycles. The standard InChI is InChI=1S/C16H26N4O10P2S/c1-9-13(5-6-29-32(27,28)30-31(24,25)26)33-16(12(21)3-4-14(22)23)20(9)8-11-7-18-10(2)19-15(11)17/h7,12,16,21H,3-6,8H2,1-2H3,(H,22,23)(H,27,28)(H2,17,18,19)(H2,24,25,26)/p+1. The number of phosphoric acid groups is 2. The summed E-state index contributed by atoms with van der Waals surface area (Å²) in [5, 5.41) is 19.1. The van der Waals surface area contributed by atoms with Crippen molar-refractivity contribution in [3.05, 3.63) is 28.2 Å². The topological polar surface area (TPSA) is 227 Å². The molecule has 0 aliphatic carbocycles. The third-order valence-corrected chi connectivity index (χ3v) is 8.54. The van der Waals surface area contributed by atoms with Crippen LogP contribution in [0, 0.1) is 6.92 Å². The lowest BCUT2D eigenvalue weighted by Crippen LogP contribution is -3.12. The van der Waals surface area contributed by atoms with Crippen molar-refractivity contribution in [2.24, 2.45) is 0 Å². The highest BCUT2D eigenvalue weighted by Crippen LogP contribution is 2.57. The van der Waals surface area contributed by atoms with Crippen LogP contribution in [0.2, 0.25) is 0 Å². The number of phosphoric ester groups is 1. The number of aromatic nitrogens is 2. The number of aliphatic carboxylic acids is 1. The Bertz CT molecular complexity index is 1000. The molecule has 33 heavy (non-hydrogen) atoms. The number of nitrogens with zero attached hydrogens (tertiary/aromatic N) is 2. The van der Waals surface area contributed by atoms with Crippen molar-refractivity contribution in [2.75, 3.05) is 12.3 Å². The maximum absolute atomic E-state index is 11.6. The number of carboxylic acid groups (broad SMARTS) is 1. The molecule has 1 aromatic heterocycles. The normalized spacial score (nSPS) is 21.8. The Morgan fingerprint density at radius 3 is 2.58 bits per heavy atom. The van der Waals surface area contributed by atoms with Crippen molar-refractivity contribution in [1.82, 2.24) is 9.97 Å². The van der Waals surface area contributed by atoms with Gasteiger partial charge >= 0.3 is 21.6 Å². The number of aliphatic hydroxyl groups excluding tert-OH is 1. The first-order valence-electron chi connectivity index (χ1n) is 9.63. The largest absolute Gasteiger partial charge is 0.481 e. The van der Waals surface area contributed by atoms with E-state index in [1.165, 1.54) is 11.8 Å². The lowest BCUT2D eigenvalue weighted by Gasteiger charge is -2.26. The number of hydrogen-bond donors (Lipinski definition) is 7. The van der Waals surface area contributed by atoms with Gasteiger partial charge in [0, 0.05) is 30.9 Å². The van der Waals surface area contributed by atoms with Gasteiger partial charge in [-0.1, -0.05) is 11.8 Å². The van der Waals surface area contributed by atoms with E-state index in [-0.39, 0.29) is 25.1 Å². The summed E-state index contributed by atoms with van der Waals surface area (Å²) in [4.78, 5) is 47.4. The van der Waals surface area contributed by atoms with Gasteiger partial charge in [-0.25, -0.2) is 19.1 Å². The smallest absolute Gasteiger partial charge is 0.481 e. The molecule has 4 unspecified atom stereocenters. The summed E-state index contributed by atoms with van der Waals surface area (Å²) >= 11 is 1.25. The maximum atomic E-state index is 11.6. The van der Waals surface area contributed by atoms with Crippen molar-refractivity contribution in [3.8, 4) is 0 Å². The van der Waals surface area contributed by atoms with Gasteiger partial charge in [0.2, 0.25) is 0 Å². The summed E-state index contributed by atoms with van der Waals surface area (Å²) in [6.45, 7) is 3.37. The first-order chi connectivity index (χ1) is 15.2. The zero-order chi connectivity index (χ0) is 25.0. The summed E-state index contributed by atoms with van der Waals surface area (Å²) in [5.41, 5.74) is 7.37. The summed E-state index contributed by atoms with van der Waals surface area (Å²) in [6.07, 6.45) is 0.439. The van der Waals surface area contributed by atoms with E-state index in [1.807, 2.05) is 0 Å². The third-order valence-electron chi connectivity index (χ3n) is 4.71. The van der Waals surface area contributed by atoms with Crippen LogP contribution in [0.15, 0.2) is 16.8 Å². The fraction of sp³-hybridized carbons (Fsp3) is 0.562. The van der Waals surface area contributed by atoms with Crippen molar-refractivity contribution in [1.29, 1.82) is 0 Å². The molecule has 0 radical (unpaired) electrons. The highest BCUT2D eigenvalue weighted by molar-refractivity contribution is 8.03. The molecule has 2 rings (SSSR count). The maximum Gasteiger partial charge on any atom is 0.481 e. The number of quaternary nitrogens is 1. The summed E-state index contributed by atoms with van der Waals surface area (Å²) in [6, 6.07) is 0. The predicted molar refractivity (Wildman–Crippen MR) is 116 cm³/mol. The van der Waals surface area contributed by atoms with E-state index in [9.17, 15) is 23.9 Å². The van der Waals surface area contributed by atoms with Crippen LogP contribution in [0.3, 0.4) is 0 Å². The highest BCUT2D eigenvalue weighted by Gasteiger charge is 2.41. The van der Waals surface area contributed by atoms with E-state index in [2.05, 4.69) is 18.8 Å². The molecule has 14 nitrogen and oxygen atoms in total. The van der Waals surface area contributed by atoms with E-state index in [0.29, 0.717) is 22.8 Å². The molecule has 0 saturated heterocycles. The summed E-state index contributed by atoms with van der Waals surface area (Å²) in [5.74, 6) is -0.271. The van der Waals surface area contributed by atoms with Crippen LogP contribution in [0.4, 0.5) is 5.82 Å². The van der Waals surface area contributed by atoms with Gasteiger partial charge < -0.3 is 30.6 Å². The number of allylic oxidation sites excluding steroid dienone is 1. The fourth-order valence-electron chi connectivity index (χ4n) is 3.18. The zero-order valence-corrected chi connectivity index (χ0v) is 20.4. The number of hydrogen-bond acceptors (Lipinski definition) is 10. The first-order valence-corrected chi connectivity index (χ1v) is 13.5. The van der Waals surface area contributed by atoms with E-state index < -0.39 is 39.7 Å². The lowest BCUT2D eigenvalue weighted by molar-refractivity contribution is -0.887. The van der Waals surface area contributed by atoms with Crippen molar-refractivity contribution < 1.29 is 52.6 Å². The molecule has 4 atom stereocenters. The van der Waals surface area contributed by atoms with Gasteiger partial charge in [-0.05, 0) is 13.3 Å². The van der Waals surface area contributed by atoms with Crippen LogP contribution in [-0.4, -0.2) is 58.9 Å². The van der Waals surface area contributed by atoms with Crippen LogP contribution in [0.25, 0.3) is 0 Å². The molecule has 1 aromatic rings. The molecule has 186 valence electrons. The minimum Gasteiger partial charge on any atom is -0.481 e. The molecule has 0 amide bonds. The fourth-order valence-corrected chi connectivity index (χ4v) is 6.28. The van der Waals surface area contributed by atoms with E-state index in [1.54, 1.807) is 20.0 Å². The third kappa shape index (κ3) is 8.72. The number of thioether (sulfide) groups is 1. The lowest BCUT2D eigenvalue weighted by atomic mass is 10.1. The quantitative estimate of drug-likeness (QED) is 0.176. The van der Waals surface area contributed by atoms with Gasteiger partial charge in [0.05, 0.1) is 12.2 Å². The number of nitrogens with two attached hydrogens (primary N) is 1. The molecule has 2 heterocycles. The van der Waals surface area contributed by atoms with E-state index >= 15 is 0 Å². The summed E-state index contributed by atoms with van der Waals surface area (Å²) < 4.78 is 30.8. The van der Waals surface area contributed by atoms with Crippen LogP contribution in [0.5, 0.6) is 0 Å². The van der Waals surface area contributed by atoms with Crippen LogP contribution in [-0.2, 0) is 29.3 Å². The molecule has 8 N–H and O–H groups in total. The Hall–Kier alpha value is -1.38. The second kappa shape index (κ2) is 11.4. The average Bonchev–Trinajstić information content (AvgIpc) is 2.96. The van der Waals surface area contributed by atoms with Gasteiger partial charge in [-0.15, -0.1) is 0 Å².